The van der Waals surface area contributed by atoms with Gasteiger partial charge in [-0.05, 0) is 57.9 Å². The summed E-state index contributed by atoms with van der Waals surface area (Å²) < 4.78 is 14.5. The molecule has 2 aromatic carbocycles. The number of ketones is 1. The number of hydrogen-bond donors (Lipinski definition) is 1. The highest BCUT2D eigenvalue weighted by Crippen LogP contribution is 2.48. The van der Waals surface area contributed by atoms with Crippen LogP contribution in [0.3, 0.4) is 0 Å². The number of rotatable bonds is 8. The third-order valence-electron chi connectivity index (χ3n) is 6.65. The van der Waals surface area contributed by atoms with E-state index in [-0.39, 0.29) is 17.8 Å². The average Bonchev–Trinajstić information content (AvgIpc) is 3.27. The van der Waals surface area contributed by atoms with E-state index in [2.05, 4.69) is 42.0 Å². The lowest BCUT2D eigenvalue weighted by Crippen LogP contribution is -2.36. The maximum Gasteiger partial charge on any atom is 0.227 e. The van der Waals surface area contributed by atoms with E-state index in [4.69, 9.17) is 31.2 Å². The summed E-state index contributed by atoms with van der Waals surface area (Å²) in [5, 5.41) is 9.59. The summed E-state index contributed by atoms with van der Waals surface area (Å²) >= 11 is 11.6. The van der Waals surface area contributed by atoms with E-state index in [1.807, 2.05) is 41.1 Å². The first kappa shape index (κ1) is 27.1. The molecule has 1 aromatic heterocycles. The van der Waals surface area contributed by atoms with E-state index in [9.17, 15) is 4.79 Å². The average molecular weight is 618 g/mol. The van der Waals surface area contributed by atoms with Crippen molar-refractivity contribution in [3.05, 3.63) is 68.3 Å². The summed E-state index contributed by atoms with van der Waals surface area (Å²) in [4.78, 5) is 18.3. The maximum absolute atomic E-state index is 13.6. The summed E-state index contributed by atoms with van der Waals surface area (Å²) in [6.45, 7) is 6.66. The fourth-order valence-electron chi connectivity index (χ4n) is 4.96. The lowest BCUT2D eigenvalue weighted by Gasteiger charge is -2.38. The monoisotopic (exact) mass is 616 g/mol. The van der Waals surface area contributed by atoms with E-state index < -0.39 is 6.04 Å². The molecule has 0 bridgehead atoms. The molecule has 1 aliphatic carbocycles. The SMILES string of the molecule is CCCSc1nc2n(n1)C(c1cc(Br)c(OCc3ccccc3Cl)c(OC)c1)C1=C(CC(C)(C)CC1=O)N2. The van der Waals surface area contributed by atoms with Gasteiger partial charge >= 0.3 is 0 Å². The molecule has 0 saturated carbocycles. The lowest BCUT2D eigenvalue weighted by molar-refractivity contribution is -0.118. The van der Waals surface area contributed by atoms with Crippen molar-refractivity contribution < 1.29 is 14.3 Å². The summed E-state index contributed by atoms with van der Waals surface area (Å²) in [6.07, 6.45) is 2.25. The Hall–Kier alpha value is -2.49. The Morgan fingerprint density at radius 1 is 1.26 bits per heavy atom. The number of ether oxygens (including phenoxy) is 2. The molecule has 5 rings (SSSR count). The Morgan fingerprint density at radius 2 is 2.05 bits per heavy atom. The second-order valence-corrected chi connectivity index (χ2v) is 12.6. The molecule has 2 aliphatic rings. The van der Waals surface area contributed by atoms with Crippen LogP contribution < -0.4 is 14.8 Å². The highest BCUT2D eigenvalue weighted by atomic mass is 79.9. The molecule has 1 atom stereocenters. The van der Waals surface area contributed by atoms with Crippen molar-refractivity contribution in [2.45, 2.75) is 57.8 Å². The molecule has 200 valence electrons. The zero-order valence-corrected chi connectivity index (χ0v) is 25.0. The number of halogens is 2. The Labute approximate surface area is 240 Å². The number of methoxy groups -OCH3 is 1. The summed E-state index contributed by atoms with van der Waals surface area (Å²) in [6, 6.07) is 11.0. The molecule has 0 amide bonds. The van der Waals surface area contributed by atoms with Gasteiger partial charge in [-0.15, -0.1) is 5.10 Å². The molecule has 10 heteroatoms. The van der Waals surface area contributed by atoms with Crippen molar-refractivity contribution in [1.82, 2.24) is 14.8 Å². The molecule has 1 unspecified atom stereocenters. The van der Waals surface area contributed by atoms with Crippen molar-refractivity contribution in [1.29, 1.82) is 0 Å². The van der Waals surface area contributed by atoms with Crippen molar-refractivity contribution >= 4 is 51.0 Å². The number of Topliss-reactive ketones (excluding diaryl/α,β-unsaturated/α-hetero) is 1. The van der Waals surface area contributed by atoms with E-state index in [0.29, 0.717) is 38.5 Å². The van der Waals surface area contributed by atoms with Gasteiger partial charge in [-0.3, -0.25) is 4.79 Å². The van der Waals surface area contributed by atoms with Gasteiger partial charge in [0, 0.05) is 34.0 Å². The maximum atomic E-state index is 13.6. The van der Waals surface area contributed by atoms with Gasteiger partial charge in [0.05, 0.1) is 11.6 Å². The van der Waals surface area contributed by atoms with Crippen LogP contribution in [0.25, 0.3) is 0 Å². The molecule has 38 heavy (non-hydrogen) atoms. The number of carbonyl (C=O) groups excluding carboxylic acids is 1. The molecule has 1 N–H and O–H groups in total. The quantitative estimate of drug-likeness (QED) is 0.263. The van der Waals surface area contributed by atoms with Crippen LogP contribution in [0.5, 0.6) is 11.5 Å². The van der Waals surface area contributed by atoms with Crippen molar-refractivity contribution in [2.24, 2.45) is 5.41 Å². The predicted octanol–water partition coefficient (Wildman–Crippen LogP) is 7.44. The van der Waals surface area contributed by atoms with Gasteiger partial charge in [-0.1, -0.05) is 62.3 Å². The number of thioether (sulfide) groups is 1. The van der Waals surface area contributed by atoms with E-state index >= 15 is 0 Å². The van der Waals surface area contributed by atoms with Gasteiger partial charge in [0.1, 0.15) is 12.6 Å². The molecular formula is C28H30BrClN4O3S. The summed E-state index contributed by atoms with van der Waals surface area (Å²) in [5.41, 5.74) is 3.24. The Bertz CT molecular complexity index is 1420. The third-order valence-corrected chi connectivity index (χ3v) is 8.65. The number of fused-ring (bicyclic) bond motifs is 1. The number of allylic oxidation sites excluding steroid dienone is 2. The number of nitrogens with zero attached hydrogens (tertiary/aromatic N) is 3. The molecule has 0 radical (unpaired) electrons. The standard InChI is InChI=1S/C28H30BrClN4O3S/c1-5-10-38-27-32-26-31-20-13-28(2,3)14-21(35)23(20)24(34(26)33-27)17-11-18(29)25(22(12-17)36-4)37-15-16-8-6-7-9-19(16)30/h6-9,11-12,24H,5,10,13-15H2,1-4H3,(H,31,32,33). The van der Waals surface area contributed by atoms with Crippen molar-refractivity contribution in [2.75, 3.05) is 18.2 Å². The van der Waals surface area contributed by atoms with E-state index in [1.54, 1.807) is 18.9 Å². The summed E-state index contributed by atoms with van der Waals surface area (Å²) in [5.74, 6) is 2.80. The van der Waals surface area contributed by atoms with Crippen LogP contribution in [0.1, 0.15) is 57.2 Å². The van der Waals surface area contributed by atoms with Crippen LogP contribution in [-0.2, 0) is 11.4 Å². The number of anilines is 1. The highest BCUT2D eigenvalue weighted by Gasteiger charge is 2.42. The smallest absolute Gasteiger partial charge is 0.227 e. The van der Waals surface area contributed by atoms with E-state index in [0.717, 1.165) is 41.0 Å². The number of nitrogens with one attached hydrogen (secondary N) is 1. The second kappa shape index (κ2) is 10.9. The normalized spacial score (nSPS) is 18.1. The van der Waals surface area contributed by atoms with Gasteiger partial charge < -0.3 is 14.8 Å². The first-order valence-electron chi connectivity index (χ1n) is 12.6. The zero-order valence-electron chi connectivity index (χ0n) is 21.8. The van der Waals surface area contributed by atoms with Crippen LogP contribution in [0.15, 0.2) is 57.3 Å². The van der Waals surface area contributed by atoms with Gasteiger partial charge in [0.2, 0.25) is 11.1 Å². The first-order valence-corrected chi connectivity index (χ1v) is 14.7. The molecule has 1 aliphatic heterocycles. The lowest BCUT2D eigenvalue weighted by atomic mass is 9.73. The van der Waals surface area contributed by atoms with Crippen LogP contribution in [0.4, 0.5) is 5.95 Å². The van der Waals surface area contributed by atoms with Gasteiger partial charge in [-0.2, -0.15) is 4.98 Å². The van der Waals surface area contributed by atoms with Crippen molar-refractivity contribution in [3.8, 4) is 11.5 Å². The molecule has 0 saturated heterocycles. The van der Waals surface area contributed by atoms with Crippen molar-refractivity contribution in [3.63, 3.8) is 0 Å². The van der Waals surface area contributed by atoms with E-state index in [1.165, 1.54) is 0 Å². The summed E-state index contributed by atoms with van der Waals surface area (Å²) in [7, 11) is 1.61. The minimum absolute atomic E-state index is 0.117. The molecule has 7 nitrogen and oxygen atoms in total. The molecule has 0 spiro atoms. The van der Waals surface area contributed by atoms with Crippen LogP contribution >= 0.6 is 39.3 Å². The number of carbonyl (C=O) groups is 1. The zero-order chi connectivity index (χ0) is 27.0. The number of aromatic nitrogens is 3. The second-order valence-electron chi connectivity index (χ2n) is 10.3. The van der Waals surface area contributed by atoms with Gasteiger partial charge in [-0.25, -0.2) is 4.68 Å². The largest absolute Gasteiger partial charge is 0.493 e. The Balaban J connectivity index is 1.57. The number of benzene rings is 2. The molecule has 0 fully saturated rings. The number of hydrogen-bond acceptors (Lipinski definition) is 7. The van der Waals surface area contributed by atoms with Gasteiger partial charge in [0.15, 0.2) is 17.3 Å². The first-order chi connectivity index (χ1) is 18.2. The Kier molecular flexibility index (Phi) is 7.80. The molecule has 3 aromatic rings. The predicted molar refractivity (Wildman–Crippen MR) is 154 cm³/mol. The topological polar surface area (TPSA) is 78.3 Å². The fourth-order valence-corrected chi connectivity index (χ4v) is 6.40. The minimum atomic E-state index is -0.434. The van der Waals surface area contributed by atoms with Crippen LogP contribution in [-0.4, -0.2) is 33.4 Å². The van der Waals surface area contributed by atoms with Crippen LogP contribution in [0, 0.1) is 5.41 Å². The fraction of sp³-hybridized carbons (Fsp3) is 0.393. The third kappa shape index (κ3) is 5.33. The highest BCUT2D eigenvalue weighted by molar-refractivity contribution is 9.10. The van der Waals surface area contributed by atoms with Gasteiger partial charge in [0.25, 0.3) is 0 Å². The Morgan fingerprint density at radius 3 is 2.79 bits per heavy atom. The molecular weight excluding hydrogens is 588 g/mol. The minimum Gasteiger partial charge on any atom is -0.493 e. The van der Waals surface area contributed by atoms with Crippen LogP contribution in [0.2, 0.25) is 5.02 Å². The molecule has 2 heterocycles.